The minimum atomic E-state index is -1.07. The largest absolute Gasteiger partial charge is 0.465 e. The van der Waals surface area contributed by atoms with Crippen molar-refractivity contribution in [2.24, 2.45) is 5.73 Å². The average Bonchev–Trinajstić information content (AvgIpc) is 2.78. The van der Waals surface area contributed by atoms with E-state index in [-0.39, 0.29) is 51.6 Å². The maximum Gasteiger partial charge on any atom is 0.407 e. The van der Waals surface area contributed by atoms with Gasteiger partial charge in [0.2, 0.25) is 5.91 Å². The van der Waals surface area contributed by atoms with Gasteiger partial charge in [-0.1, -0.05) is 60.7 Å². The van der Waals surface area contributed by atoms with Crippen LogP contribution in [0.3, 0.4) is 0 Å². The van der Waals surface area contributed by atoms with Gasteiger partial charge in [-0.05, 0) is 17.5 Å². The van der Waals surface area contributed by atoms with E-state index in [1.807, 2.05) is 60.7 Å². The standard InChI is InChI=1S/C22H28N4O5.ClH/c23-19(11-12-25-21(28)31-16-18-9-5-2-6-10-18)20(27)24-13-14-26(22(29)30)15-17-7-3-1-4-8-17;/h1-10,19H,11-16,23H2,(H,24,27)(H,25,28)(H,29,30);1H/t19-;/m0./s1. The Labute approximate surface area is 193 Å². The van der Waals surface area contributed by atoms with Crippen molar-refractivity contribution < 1.29 is 24.2 Å². The van der Waals surface area contributed by atoms with E-state index in [2.05, 4.69) is 10.6 Å². The van der Waals surface area contributed by atoms with Crippen LogP contribution in [-0.2, 0) is 22.7 Å². The summed E-state index contributed by atoms with van der Waals surface area (Å²) in [6, 6.07) is 17.6. The van der Waals surface area contributed by atoms with Gasteiger partial charge in [-0.15, -0.1) is 12.4 Å². The van der Waals surface area contributed by atoms with Crippen LogP contribution in [0.15, 0.2) is 60.7 Å². The van der Waals surface area contributed by atoms with Crippen molar-refractivity contribution in [1.82, 2.24) is 15.5 Å². The van der Waals surface area contributed by atoms with Crippen LogP contribution in [0, 0.1) is 0 Å². The Kier molecular flexibility index (Phi) is 12.2. The van der Waals surface area contributed by atoms with Crippen LogP contribution in [0.1, 0.15) is 17.5 Å². The van der Waals surface area contributed by atoms with Crippen LogP contribution in [0.5, 0.6) is 0 Å². The van der Waals surface area contributed by atoms with Crippen LogP contribution in [0.2, 0.25) is 0 Å². The molecule has 0 saturated carbocycles. The van der Waals surface area contributed by atoms with Crippen molar-refractivity contribution >= 4 is 30.5 Å². The monoisotopic (exact) mass is 464 g/mol. The number of carbonyl (C=O) groups is 3. The van der Waals surface area contributed by atoms with Gasteiger partial charge in [-0.3, -0.25) is 4.79 Å². The van der Waals surface area contributed by atoms with Crippen LogP contribution in [0.4, 0.5) is 9.59 Å². The first-order valence-electron chi connectivity index (χ1n) is 9.95. The summed E-state index contributed by atoms with van der Waals surface area (Å²) in [5.41, 5.74) is 7.57. The van der Waals surface area contributed by atoms with Crippen LogP contribution < -0.4 is 16.4 Å². The summed E-state index contributed by atoms with van der Waals surface area (Å²) >= 11 is 0. The maximum absolute atomic E-state index is 12.1. The number of benzene rings is 2. The molecule has 2 aromatic rings. The molecule has 0 aliphatic carbocycles. The number of carbonyl (C=O) groups excluding carboxylic acids is 2. The van der Waals surface area contributed by atoms with Gasteiger partial charge in [0.15, 0.2) is 0 Å². The molecule has 2 rings (SSSR count). The zero-order valence-electron chi connectivity index (χ0n) is 17.6. The highest BCUT2D eigenvalue weighted by molar-refractivity contribution is 5.85. The molecule has 0 fully saturated rings. The zero-order valence-corrected chi connectivity index (χ0v) is 18.4. The number of alkyl carbamates (subject to hydrolysis) is 1. The summed E-state index contributed by atoms with van der Waals surface area (Å²) in [6.07, 6.45) is -1.44. The van der Waals surface area contributed by atoms with Gasteiger partial charge in [0.1, 0.15) is 6.61 Å². The summed E-state index contributed by atoms with van der Waals surface area (Å²) in [4.78, 5) is 36.4. The Morgan fingerprint density at radius 3 is 2.12 bits per heavy atom. The molecule has 0 saturated heterocycles. The number of rotatable bonds is 11. The second-order valence-corrected chi connectivity index (χ2v) is 6.86. The average molecular weight is 465 g/mol. The van der Waals surface area contributed by atoms with Crippen molar-refractivity contribution in [3.8, 4) is 0 Å². The van der Waals surface area contributed by atoms with Crippen molar-refractivity contribution in [1.29, 1.82) is 0 Å². The molecule has 5 N–H and O–H groups in total. The number of amides is 3. The number of carboxylic acid groups (broad SMARTS) is 1. The molecule has 174 valence electrons. The molecule has 9 nitrogen and oxygen atoms in total. The predicted octanol–water partition coefficient (Wildman–Crippen LogP) is 2.35. The highest BCUT2D eigenvalue weighted by Gasteiger charge is 2.16. The third kappa shape index (κ3) is 10.1. The van der Waals surface area contributed by atoms with Crippen LogP contribution in [0.25, 0.3) is 0 Å². The second-order valence-electron chi connectivity index (χ2n) is 6.86. The third-order valence-corrected chi connectivity index (χ3v) is 4.44. The number of nitrogens with zero attached hydrogens (tertiary/aromatic N) is 1. The fourth-order valence-corrected chi connectivity index (χ4v) is 2.73. The number of hydrogen-bond acceptors (Lipinski definition) is 5. The molecule has 0 unspecified atom stereocenters. The first-order valence-corrected chi connectivity index (χ1v) is 9.95. The van der Waals surface area contributed by atoms with Gasteiger partial charge in [0, 0.05) is 26.2 Å². The Morgan fingerprint density at radius 1 is 0.938 bits per heavy atom. The molecule has 0 heterocycles. The molecule has 0 radical (unpaired) electrons. The Hall–Kier alpha value is -3.30. The summed E-state index contributed by atoms with van der Waals surface area (Å²) < 4.78 is 5.08. The molecule has 32 heavy (non-hydrogen) atoms. The van der Waals surface area contributed by atoms with Gasteiger partial charge < -0.3 is 31.1 Å². The van der Waals surface area contributed by atoms with E-state index in [9.17, 15) is 19.5 Å². The minimum Gasteiger partial charge on any atom is -0.465 e. The van der Waals surface area contributed by atoms with E-state index >= 15 is 0 Å². The summed E-state index contributed by atoms with van der Waals surface area (Å²) in [6.45, 7) is 0.831. The number of nitrogens with two attached hydrogens (primary N) is 1. The van der Waals surface area contributed by atoms with Crippen molar-refractivity contribution in [3.63, 3.8) is 0 Å². The Balaban J connectivity index is 0.00000512. The van der Waals surface area contributed by atoms with Gasteiger partial charge in [0.05, 0.1) is 6.04 Å². The molecular formula is C22H29ClN4O5. The molecule has 0 spiro atoms. The van der Waals surface area contributed by atoms with Gasteiger partial charge in [-0.25, -0.2) is 9.59 Å². The lowest BCUT2D eigenvalue weighted by atomic mass is 10.2. The maximum atomic E-state index is 12.1. The molecule has 2 aromatic carbocycles. The highest BCUT2D eigenvalue weighted by Crippen LogP contribution is 2.04. The number of ether oxygens (including phenoxy) is 1. The zero-order chi connectivity index (χ0) is 22.5. The predicted molar refractivity (Wildman–Crippen MR) is 122 cm³/mol. The lowest BCUT2D eigenvalue weighted by Crippen LogP contribution is -2.45. The molecular weight excluding hydrogens is 436 g/mol. The fourth-order valence-electron chi connectivity index (χ4n) is 2.73. The lowest BCUT2D eigenvalue weighted by molar-refractivity contribution is -0.122. The molecule has 0 bridgehead atoms. The minimum absolute atomic E-state index is 0. The van der Waals surface area contributed by atoms with Gasteiger partial charge in [-0.2, -0.15) is 0 Å². The van der Waals surface area contributed by atoms with E-state index in [4.69, 9.17) is 10.5 Å². The van der Waals surface area contributed by atoms with Gasteiger partial charge >= 0.3 is 12.2 Å². The molecule has 3 amide bonds. The number of hydrogen-bond donors (Lipinski definition) is 4. The first-order chi connectivity index (χ1) is 15.0. The van der Waals surface area contributed by atoms with Crippen LogP contribution in [-0.4, -0.2) is 53.8 Å². The number of nitrogens with one attached hydrogen (secondary N) is 2. The van der Waals surface area contributed by atoms with Crippen LogP contribution >= 0.6 is 12.4 Å². The van der Waals surface area contributed by atoms with E-state index in [1.165, 1.54) is 4.90 Å². The van der Waals surface area contributed by atoms with Crippen molar-refractivity contribution in [2.45, 2.75) is 25.6 Å². The van der Waals surface area contributed by atoms with E-state index in [0.29, 0.717) is 0 Å². The summed E-state index contributed by atoms with van der Waals surface area (Å²) in [5, 5.41) is 14.5. The van der Waals surface area contributed by atoms with E-state index in [0.717, 1.165) is 11.1 Å². The topological polar surface area (TPSA) is 134 Å². The summed E-state index contributed by atoms with van der Waals surface area (Å²) in [7, 11) is 0. The normalized spacial score (nSPS) is 10.9. The molecule has 10 heteroatoms. The smallest absolute Gasteiger partial charge is 0.407 e. The van der Waals surface area contributed by atoms with Crippen molar-refractivity contribution in [3.05, 3.63) is 71.8 Å². The summed E-state index contributed by atoms with van der Waals surface area (Å²) in [5.74, 6) is -0.412. The molecule has 0 aliphatic heterocycles. The van der Waals surface area contributed by atoms with Gasteiger partial charge in [0.25, 0.3) is 0 Å². The van der Waals surface area contributed by atoms with E-state index in [1.54, 1.807) is 0 Å². The fraction of sp³-hybridized carbons (Fsp3) is 0.318. The van der Waals surface area contributed by atoms with Crippen molar-refractivity contribution in [2.75, 3.05) is 19.6 Å². The lowest BCUT2D eigenvalue weighted by Gasteiger charge is -2.20. The quantitative estimate of drug-likeness (QED) is 0.403. The molecule has 1 atom stereocenters. The second kappa shape index (κ2) is 14.7. The highest BCUT2D eigenvalue weighted by atomic mass is 35.5. The number of halogens is 1. The molecule has 0 aromatic heterocycles. The first kappa shape index (κ1) is 26.7. The SMILES string of the molecule is Cl.N[C@@H](CCNC(=O)OCc1ccccc1)C(=O)NCCN(Cc1ccccc1)C(=O)O. The Morgan fingerprint density at radius 2 is 1.53 bits per heavy atom. The Bertz CT molecular complexity index is 839. The third-order valence-electron chi connectivity index (χ3n) is 4.44. The molecule has 0 aliphatic rings. The van der Waals surface area contributed by atoms with E-state index < -0.39 is 24.1 Å².